The van der Waals surface area contributed by atoms with Crippen LogP contribution in [0.2, 0.25) is 0 Å². The molecule has 0 saturated carbocycles. The molecular formula is C11H16FN3O2. The van der Waals surface area contributed by atoms with Gasteiger partial charge in [-0.3, -0.25) is 9.18 Å². The molecule has 6 heteroatoms. The molecule has 0 fully saturated rings. The highest BCUT2D eigenvalue weighted by Gasteiger charge is 2.08. The summed E-state index contributed by atoms with van der Waals surface area (Å²) < 4.78 is 17.0. The van der Waals surface area contributed by atoms with Crippen LogP contribution in [-0.2, 0) is 4.79 Å². The molecular weight excluding hydrogens is 225 g/mol. The molecule has 0 aliphatic carbocycles. The molecule has 0 radical (unpaired) electrons. The smallest absolute Gasteiger partial charge is 0.318 e. The van der Waals surface area contributed by atoms with Crippen molar-refractivity contribution in [2.45, 2.75) is 20.3 Å². The fraction of sp³-hybridized carbons (Fsp3) is 0.545. The molecule has 0 bridgehead atoms. The molecule has 0 spiro atoms. The van der Waals surface area contributed by atoms with Gasteiger partial charge in [0.05, 0.1) is 13.3 Å². The van der Waals surface area contributed by atoms with E-state index in [2.05, 4.69) is 15.3 Å². The number of nitrogens with one attached hydrogen (secondary N) is 1. The Balaban J connectivity index is 2.56. The van der Waals surface area contributed by atoms with E-state index in [-0.39, 0.29) is 24.4 Å². The van der Waals surface area contributed by atoms with E-state index in [1.165, 1.54) is 6.20 Å². The predicted molar refractivity (Wildman–Crippen MR) is 61.6 cm³/mol. The minimum absolute atomic E-state index is 0.124. The molecule has 1 aromatic heterocycles. The standard InChI is InChI=1S/C11H16FN3O2/c1-8(2)10(16)14-9-4-6-13-11(15-9)17-7-3-5-12/h4,6,8H,3,5,7H2,1-2H3,(H,13,14,15,16). The van der Waals surface area contributed by atoms with E-state index < -0.39 is 6.67 Å². The third-order valence-electron chi connectivity index (χ3n) is 1.92. The van der Waals surface area contributed by atoms with Crippen molar-refractivity contribution in [2.24, 2.45) is 5.92 Å². The van der Waals surface area contributed by atoms with Gasteiger partial charge in [0.25, 0.3) is 0 Å². The van der Waals surface area contributed by atoms with Gasteiger partial charge in [-0.25, -0.2) is 4.98 Å². The molecule has 17 heavy (non-hydrogen) atoms. The molecule has 0 aliphatic rings. The monoisotopic (exact) mass is 241 g/mol. The average Bonchev–Trinajstić information content (AvgIpc) is 2.30. The fourth-order valence-electron chi connectivity index (χ4n) is 0.969. The van der Waals surface area contributed by atoms with Gasteiger partial charge in [0.1, 0.15) is 5.82 Å². The van der Waals surface area contributed by atoms with Gasteiger partial charge in [-0.2, -0.15) is 4.98 Å². The maximum atomic E-state index is 11.9. The topological polar surface area (TPSA) is 64.1 Å². The number of hydrogen-bond donors (Lipinski definition) is 1. The summed E-state index contributed by atoms with van der Waals surface area (Å²) in [5, 5.41) is 2.63. The van der Waals surface area contributed by atoms with Gasteiger partial charge in [-0.15, -0.1) is 0 Å². The lowest BCUT2D eigenvalue weighted by Crippen LogP contribution is -2.18. The molecule has 1 heterocycles. The zero-order valence-corrected chi connectivity index (χ0v) is 9.94. The third kappa shape index (κ3) is 4.76. The summed E-state index contributed by atoms with van der Waals surface area (Å²) in [6, 6.07) is 1.71. The van der Waals surface area contributed by atoms with E-state index in [9.17, 15) is 9.18 Å². The summed E-state index contributed by atoms with van der Waals surface area (Å²) in [7, 11) is 0. The number of amides is 1. The quantitative estimate of drug-likeness (QED) is 0.771. The second-order valence-electron chi connectivity index (χ2n) is 3.76. The summed E-state index contributed by atoms with van der Waals surface area (Å²) in [5.41, 5.74) is 0. The minimum Gasteiger partial charge on any atom is -0.463 e. The predicted octanol–water partition coefficient (Wildman–Crippen LogP) is 1.81. The summed E-state index contributed by atoms with van der Waals surface area (Å²) >= 11 is 0. The van der Waals surface area contributed by atoms with Crippen molar-refractivity contribution in [3.8, 4) is 6.01 Å². The molecule has 0 aromatic carbocycles. The lowest BCUT2D eigenvalue weighted by molar-refractivity contribution is -0.118. The van der Waals surface area contributed by atoms with Crippen LogP contribution in [0.3, 0.4) is 0 Å². The van der Waals surface area contributed by atoms with E-state index in [0.717, 1.165) is 0 Å². The van der Waals surface area contributed by atoms with E-state index in [4.69, 9.17) is 4.74 Å². The molecule has 1 rings (SSSR count). The summed E-state index contributed by atoms with van der Waals surface area (Å²) in [6.07, 6.45) is 1.78. The van der Waals surface area contributed by atoms with Crippen LogP contribution in [0.15, 0.2) is 12.3 Å². The van der Waals surface area contributed by atoms with Crippen molar-refractivity contribution >= 4 is 11.7 Å². The zero-order chi connectivity index (χ0) is 12.7. The lowest BCUT2D eigenvalue weighted by Gasteiger charge is -2.08. The van der Waals surface area contributed by atoms with Crippen molar-refractivity contribution in [2.75, 3.05) is 18.6 Å². The van der Waals surface area contributed by atoms with Gasteiger partial charge in [-0.05, 0) is 6.07 Å². The second-order valence-corrected chi connectivity index (χ2v) is 3.76. The van der Waals surface area contributed by atoms with Crippen LogP contribution in [0.5, 0.6) is 6.01 Å². The number of carbonyl (C=O) groups is 1. The highest BCUT2D eigenvalue weighted by Crippen LogP contribution is 2.09. The largest absolute Gasteiger partial charge is 0.463 e. The lowest BCUT2D eigenvalue weighted by atomic mass is 10.2. The first-order chi connectivity index (χ1) is 8.13. The Morgan fingerprint density at radius 2 is 2.35 bits per heavy atom. The zero-order valence-electron chi connectivity index (χ0n) is 9.94. The molecule has 0 aliphatic heterocycles. The molecule has 0 unspecified atom stereocenters. The van der Waals surface area contributed by atoms with Crippen molar-refractivity contribution in [3.05, 3.63) is 12.3 Å². The molecule has 0 saturated heterocycles. The van der Waals surface area contributed by atoms with Crippen LogP contribution >= 0.6 is 0 Å². The molecule has 94 valence electrons. The molecule has 5 nitrogen and oxygen atoms in total. The minimum atomic E-state index is -0.441. The molecule has 1 aromatic rings. The Morgan fingerprint density at radius 3 is 3.00 bits per heavy atom. The number of carbonyl (C=O) groups excluding carboxylic acids is 1. The first-order valence-electron chi connectivity index (χ1n) is 5.46. The third-order valence-corrected chi connectivity index (χ3v) is 1.92. The number of halogens is 1. The van der Waals surface area contributed by atoms with Crippen LogP contribution in [0, 0.1) is 5.92 Å². The van der Waals surface area contributed by atoms with Gasteiger partial charge in [0.2, 0.25) is 5.91 Å². The summed E-state index contributed by atoms with van der Waals surface area (Å²) in [6.45, 7) is 3.35. The molecule has 0 atom stereocenters. The Kier molecular flexibility index (Phi) is 5.32. The van der Waals surface area contributed by atoms with E-state index in [0.29, 0.717) is 12.2 Å². The number of aromatic nitrogens is 2. The second kappa shape index (κ2) is 6.78. The van der Waals surface area contributed by atoms with Crippen LogP contribution in [0.25, 0.3) is 0 Å². The highest BCUT2D eigenvalue weighted by atomic mass is 19.1. The summed E-state index contributed by atoms with van der Waals surface area (Å²) in [5.74, 6) is 0.133. The van der Waals surface area contributed by atoms with Gasteiger partial charge in [-0.1, -0.05) is 13.8 Å². The van der Waals surface area contributed by atoms with Crippen LogP contribution < -0.4 is 10.1 Å². The van der Waals surface area contributed by atoms with Crippen molar-refractivity contribution in [1.82, 2.24) is 9.97 Å². The number of ether oxygens (including phenoxy) is 1. The fourth-order valence-corrected chi connectivity index (χ4v) is 0.969. The SMILES string of the molecule is CC(C)C(=O)Nc1ccnc(OCCCF)n1. The number of nitrogens with zero attached hydrogens (tertiary/aromatic N) is 2. The maximum Gasteiger partial charge on any atom is 0.318 e. The first kappa shape index (κ1) is 13.3. The normalized spacial score (nSPS) is 10.4. The number of anilines is 1. The number of alkyl halides is 1. The Morgan fingerprint density at radius 1 is 1.59 bits per heavy atom. The van der Waals surface area contributed by atoms with Gasteiger partial charge in [0.15, 0.2) is 0 Å². The van der Waals surface area contributed by atoms with E-state index in [1.807, 2.05) is 0 Å². The molecule has 1 N–H and O–H groups in total. The first-order valence-corrected chi connectivity index (χ1v) is 5.46. The Hall–Kier alpha value is -1.72. The number of rotatable bonds is 6. The molecule has 1 amide bonds. The van der Waals surface area contributed by atoms with E-state index >= 15 is 0 Å². The van der Waals surface area contributed by atoms with Crippen LogP contribution in [0.1, 0.15) is 20.3 Å². The van der Waals surface area contributed by atoms with Gasteiger partial charge in [0, 0.05) is 18.5 Å². The Bertz CT molecular complexity index is 371. The van der Waals surface area contributed by atoms with Gasteiger partial charge >= 0.3 is 6.01 Å². The highest BCUT2D eigenvalue weighted by molar-refractivity contribution is 5.91. The number of hydrogen-bond acceptors (Lipinski definition) is 4. The van der Waals surface area contributed by atoms with Crippen molar-refractivity contribution < 1.29 is 13.9 Å². The maximum absolute atomic E-state index is 11.9. The van der Waals surface area contributed by atoms with Crippen LogP contribution in [0.4, 0.5) is 10.2 Å². The van der Waals surface area contributed by atoms with Crippen molar-refractivity contribution in [1.29, 1.82) is 0 Å². The van der Waals surface area contributed by atoms with Crippen LogP contribution in [-0.4, -0.2) is 29.2 Å². The van der Waals surface area contributed by atoms with E-state index in [1.54, 1.807) is 19.9 Å². The summed E-state index contributed by atoms with van der Waals surface area (Å²) in [4.78, 5) is 19.3. The Labute approximate surface area is 99.4 Å². The van der Waals surface area contributed by atoms with Crippen molar-refractivity contribution in [3.63, 3.8) is 0 Å². The average molecular weight is 241 g/mol. The van der Waals surface area contributed by atoms with Gasteiger partial charge < -0.3 is 10.1 Å².